The Labute approximate surface area is 250 Å². The van der Waals surface area contributed by atoms with Crippen LogP contribution in [0.25, 0.3) is 16.6 Å². The van der Waals surface area contributed by atoms with Gasteiger partial charge in [0.05, 0.1) is 19.7 Å². The van der Waals surface area contributed by atoms with Crippen molar-refractivity contribution in [3.8, 4) is 11.5 Å². The van der Waals surface area contributed by atoms with Crippen LogP contribution in [-0.2, 0) is 9.59 Å². The van der Waals surface area contributed by atoms with Gasteiger partial charge in [-0.05, 0) is 82.6 Å². The minimum atomic E-state index is -0.587. The summed E-state index contributed by atoms with van der Waals surface area (Å²) in [6, 6.07) is 15.6. The molecule has 0 fully saturated rings. The molecule has 43 heavy (non-hydrogen) atoms. The highest BCUT2D eigenvalue weighted by Crippen LogP contribution is 2.56. The van der Waals surface area contributed by atoms with Gasteiger partial charge in [0.15, 0.2) is 17.2 Å². The zero-order valence-electron chi connectivity index (χ0n) is 25.4. The molecule has 0 saturated heterocycles. The lowest BCUT2D eigenvalue weighted by Gasteiger charge is -2.49. The summed E-state index contributed by atoms with van der Waals surface area (Å²) in [5.74, 6) is 0.961. The van der Waals surface area contributed by atoms with E-state index in [-0.39, 0.29) is 22.4 Å². The molecular weight excluding hydrogens is 542 g/mol. The van der Waals surface area contributed by atoms with E-state index in [0.29, 0.717) is 48.2 Å². The Hall–Kier alpha value is -4.53. The SMILES string of the molecule is COc1ccc(N2C3=C(C(=O)CC(C)(C)C3)C(c3cc4cc(OC)ccc4n4nnnc34)C3=C2CC(C)(C)CC3=O)cc1. The Morgan fingerprint density at radius 1 is 0.767 bits per heavy atom. The molecule has 0 radical (unpaired) electrons. The quantitative estimate of drug-likeness (QED) is 0.283. The summed E-state index contributed by atoms with van der Waals surface area (Å²) in [6.07, 6.45) is 2.16. The fraction of sp³-hybridized carbons (Fsp3) is 0.382. The molecule has 2 aromatic heterocycles. The number of benzene rings is 2. The molecule has 3 heterocycles. The van der Waals surface area contributed by atoms with Crippen molar-refractivity contribution in [3.05, 3.63) is 76.6 Å². The van der Waals surface area contributed by atoms with Crippen LogP contribution in [0, 0.1) is 10.8 Å². The van der Waals surface area contributed by atoms with E-state index in [1.165, 1.54) is 0 Å². The number of hydrogen-bond donors (Lipinski definition) is 0. The highest BCUT2D eigenvalue weighted by molar-refractivity contribution is 6.09. The number of tetrazole rings is 1. The maximum atomic E-state index is 14.3. The number of ketones is 2. The average molecular weight is 578 g/mol. The van der Waals surface area contributed by atoms with Crippen LogP contribution in [0.5, 0.6) is 11.5 Å². The zero-order valence-corrected chi connectivity index (χ0v) is 25.4. The van der Waals surface area contributed by atoms with E-state index in [1.54, 1.807) is 18.7 Å². The molecule has 7 rings (SSSR count). The van der Waals surface area contributed by atoms with E-state index >= 15 is 0 Å². The van der Waals surface area contributed by atoms with E-state index in [2.05, 4.69) is 48.1 Å². The Kier molecular flexibility index (Phi) is 6.03. The number of hydrogen-bond acceptors (Lipinski definition) is 8. The van der Waals surface area contributed by atoms with Crippen LogP contribution in [0.15, 0.2) is 71.1 Å². The Balaban J connectivity index is 1.57. The van der Waals surface area contributed by atoms with Gasteiger partial charge in [-0.25, -0.2) is 0 Å². The molecule has 4 aromatic rings. The number of carbonyl (C=O) groups excluding carboxylic acids is 2. The molecule has 3 aliphatic rings. The van der Waals surface area contributed by atoms with Crippen LogP contribution < -0.4 is 14.4 Å². The summed E-state index contributed by atoms with van der Waals surface area (Å²) in [5.41, 5.74) is 5.72. The third kappa shape index (κ3) is 4.32. The maximum absolute atomic E-state index is 14.3. The molecule has 1 aliphatic heterocycles. The number of pyridine rings is 1. The summed E-state index contributed by atoms with van der Waals surface area (Å²) in [5, 5.41) is 13.7. The molecule has 9 heteroatoms. The van der Waals surface area contributed by atoms with Crippen molar-refractivity contribution in [1.82, 2.24) is 20.0 Å². The monoisotopic (exact) mass is 577 g/mol. The van der Waals surface area contributed by atoms with Crippen LogP contribution in [0.1, 0.15) is 64.9 Å². The normalized spacial score (nSPS) is 20.1. The topological polar surface area (TPSA) is 98.9 Å². The lowest BCUT2D eigenvalue weighted by atomic mass is 9.63. The summed E-state index contributed by atoms with van der Waals surface area (Å²) in [7, 11) is 3.28. The van der Waals surface area contributed by atoms with Gasteiger partial charge in [0, 0.05) is 57.9 Å². The summed E-state index contributed by atoms with van der Waals surface area (Å²) < 4.78 is 12.7. The average Bonchev–Trinajstić information content (AvgIpc) is 3.45. The predicted molar refractivity (Wildman–Crippen MR) is 163 cm³/mol. The first-order valence-corrected chi connectivity index (χ1v) is 14.7. The van der Waals surface area contributed by atoms with Gasteiger partial charge in [0.2, 0.25) is 0 Å². The second kappa shape index (κ2) is 9.49. The van der Waals surface area contributed by atoms with Crippen LogP contribution in [0.4, 0.5) is 5.69 Å². The molecule has 0 bridgehead atoms. The smallest absolute Gasteiger partial charge is 0.184 e. The molecule has 220 valence electrons. The van der Waals surface area contributed by atoms with E-state index in [1.807, 2.05) is 48.5 Å². The first-order chi connectivity index (χ1) is 20.5. The van der Waals surface area contributed by atoms with Gasteiger partial charge in [-0.1, -0.05) is 27.7 Å². The largest absolute Gasteiger partial charge is 0.497 e. The number of anilines is 1. The standard InChI is InChI=1S/C34H35N5O4/c1-33(2)15-25-30(27(40)17-33)29(23-14-19-13-22(43-6)11-12-24(19)39-32(23)35-36-37-39)31-26(16-34(3,4)18-28(31)41)38(25)20-7-9-21(42-5)10-8-20/h7-14,29H,15-18H2,1-6H3. The Morgan fingerprint density at radius 2 is 1.35 bits per heavy atom. The van der Waals surface area contributed by atoms with Gasteiger partial charge < -0.3 is 14.4 Å². The number of ether oxygens (including phenoxy) is 2. The van der Waals surface area contributed by atoms with Crippen molar-refractivity contribution in [2.45, 2.75) is 59.3 Å². The van der Waals surface area contributed by atoms with E-state index < -0.39 is 5.92 Å². The molecule has 2 aliphatic carbocycles. The molecule has 0 N–H and O–H groups in total. The maximum Gasteiger partial charge on any atom is 0.184 e. The van der Waals surface area contributed by atoms with Crippen molar-refractivity contribution in [3.63, 3.8) is 0 Å². The van der Waals surface area contributed by atoms with Gasteiger partial charge in [-0.2, -0.15) is 4.52 Å². The Bertz CT molecular complexity index is 1840. The summed E-state index contributed by atoms with van der Waals surface area (Å²) >= 11 is 0. The Morgan fingerprint density at radius 3 is 1.93 bits per heavy atom. The van der Waals surface area contributed by atoms with Crippen LogP contribution >= 0.6 is 0 Å². The van der Waals surface area contributed by atoms with Crippen LogP contribution in [0.3, 0.4) is 0 Å². The number of aromatic nitrogens is 4. The minimum Gasteiger partial charge on any atom is -0.497 e. The number of allylic oxidation sites excluding steroid dienone is 4. The zero-order chi connectivity index (χ0) is 30.3. The van der Waals surface area contributed by atoms with E-state index in [9.17, 15) is 9.59 Å². The van der Waals surface area contributed by atoms with Crippen molar-refractivity contribution < 1.29 is 19.1 Å². The first kappa shape index (κ1) is 27.3. The second-order valence-electron chi connectivity index (χ2n) is 13.5. The molecule has 0 spiro atoms. The van der Waals surface area contributed by atoms with Crippen molar-refractivity contribution in [1.29, 1.82) is 0 Å². The summed E-state index contributed by atoms with van der Waals surface area (Å²) in [4.78, 5) is 30.9. The molecule has 0 saturated carbocycles. The molecule has 9 nitrogen and oxygen atoms in total. The van der Waals surface area contributed by atoms with Gasteiger partial charge in [0.25, 0.3) is 0 Å². The molecule has 0 amide bonds. The number of rotatable bonds is 4. The number of Topliss-reactive ketones (excluding diaryl/α,β-unsaturated/α-hetero) is 2. The lowest BCUT2D eigenvalue weighted by molar-refractivity contribution is -0.119. The number of methoxy groups -OCH3 is 2. The van der Waals surface area contributed by atoms with Gasteiger partial charge in [0.1, 0.15) is 11.5 Å². The number of fused-ring (bicyclic) bond motifs is 3. The van der Waals surface area contributed by atoms with Gasteiger partial charge >= 0.3 is 0 Å². The van der Waals surface area contributed by atoms with Crippen LogP contribution in [-0.4, -0.2) is 45.8 Å². The van der Waals surface area contributed by atoms with Crippen molar-refractivity contribution in [2.24, 2.45) is 10.8 Å². The third-order valence-corrected chi connectivity index (χ3v) is 9.05. The van der Waals surface area contributed by atoms with Gasteiger partial charge in [-0.3, -0.25) is 9.59 Å². The van der Waals surface area contributed by atoms with Crippen molar-refractivity contribution >= 4 is 33.8 Å². The van der Waals surface area contributed by atoms with Crippen LogP contribution in [0.2, 0.25) is 0 Å². The number of nitrogens with zero attached hydrogens (tertiary/aromatic N) is 5. The van der Waals surface area contributed by atoms with Gasteiger partial charge in [-0.15, -0.1) is 5.10 Å². The fourth-order valence-corrected chi connectivity index (χ4v) is 7.26. The highest BCUT2D eigenvalue weighted by atomic mass is 16.5. The lowest BCUT2D eigenvalue weighted by Crippen LogP contribution is -2.44. The molecule has 0 unspecified atom stereocenters. The fourth-order valence-electron chi connectivity index (χ4n) is 7.26. The second-order valence-corrected chi connectivity index (χ2v) is 13.5. The summed E-state index contributed by atoms with van der Waals surface area (Å²) in [6.45, 7) is 8.55. The number of carbonyl (C=O) groups is 2. The highest BCUT2D eigenvalue weighted by Gasteiger charge is 2.50. The van der Waals surface area contributed by atoms with E-state index in [4.69, 9.17) is 9.47 Å². The minimum absolute atomic E-state index is 0.0512. The molecule has 2 aromatic carbocycles. The predicted octanol–water partition coefficient (Wildman–Crippen LogP) is 6.18. The third-order valence-electron chi connectivity index (χ3n) is 9.05. The molecular formula is C34H35N5O4. The molecule has 0 atom stereocenters. The van der Waals surface area contributed by atoms with E-state index in [0.717, 1.165) is 39.3 Å². The first-order valence-electron chi connectivity index (χ1n) is 14.7. The van der Waals surface area contributed by atoms with Crippen molar-refractivity contribution in [2.75, 3.05) is 19.1 Å².